The average molecular weight is 265 g/mol. The highest BCUT2D eigenvalue weighted by Gasteiger charge is 2.19. The Kier molecular flexibility index (Phi) is 3.96. The van der Waals surface area contributed by atoms with Crippen LogP contribution < -0.4 is 11.1 Å². The lowest BCUT2D eigenvalue weighted by atomic mass is 10.1. The van der Waals surface area contributed by atoms with Crippen molar-refractivity contribution in [2.45, 2.75) is 18.9 Å². The van der Waals surface area contributed by atoms with Crippen LogP contribution in [0.1, 0.15) is 23.2 Å². The van der Waals surface area contributed by atoms with Crippen molar-refractivity contribution in [3.63, 3.8) is 0 Å². The zero-order chi connectivity index (χ0) is 13.8. The van der Waals surface area contributed by atoms with Gasteiger partial charge in [-0.15, -0.1) is 0 Å². The van der Waals surface area contributed by atoms with Gasteiger partial charge in [0.25, 0.3) is 11.6 Å². The predicted molar refractivity (Wildman–Crippen MR) is 68.8 cm³/mol. The highest BCUT2D eigenvalue weighted by Crippen LogP contribution is 2.22. The second kappa shape index (κ2) is 5.66. The molecule has 0 radical (unpaired) electrons. The monoisotopic (exact) mass is 265 g/mol. The topological polar surface area (TPSA) is 107 Å². The Hall–Kier alpha value is -2.15. The van der Waals surface area contributed by atoms with E-state index in [0.29, 0.717) is 18.8 Å². The standard InChI is InChI=1S/C12H15N3O4/c13-10-7-8(1-2-11(10)15(17)18)12(16)14-9-3-5-19-6-4-9/h1-2,7,9H,3-6,13H2,(H,14,16). The summed E-state index contributed by atoms with van der Waals surface area (Å²) in [5.41, 5.74) is 5.68. The number of nitro benzene ring substituents is 1. The molecule has 1 aromatic rings. The van der Waals surface area contributed by atoms with Crippen LogP contribution in [-0.4, -0.2) is 30.1 Å². The third kappa shape index (κ3) is 3.19. The number of nitro groups is 1. The van der Waals surface area contributed by atoms with Crippen LogP contribution in [0.2, 0.25) is 0 Å². The minimum atomic E-state index is -0.574. The van der Waals surface area contributed by atoms with E-state index in [9.17, 15) is 14.9 Å². The largest absolute Gasteiger partial charge is 0.393 e. The number of nitrogens with two attached hydrogens (primary N) is 1. The van der Waals surface area contributed by atoms with E-state index >= 15 is 0 Å². The normalized spacial score (nSPS) is 16.0. The zero-order valence-electron chi connectivity index (χ0n) is 10.3. The number of carbonyl (C=O) groups is 1. The van der Waals surface area contributed by atoms with E-state index < -0.39 is 4.92 Å². The molecule has 0 spiro atoms. The van der Waals surface area contributed by atoms with Crippen LogP contribution >= 0.6 is 0 Å². The number of anilines is 1. The van der Waals surface area contributed by atoms with E-state index in [1.54, 1.807) is 0 Å². The second-order valence-electron chi connectivity index (χ2n) is 4.39. The molecule has 19 heavy (non-hydrogen) atoms. The molecule has 102 valence electrons. The van der Waals surface area contributed by atoms with E-state index in [1.807, 2.05) is 0 Å². The maximum Gasteiger partial charge on any atom is 0.292 e. The van der Waals surface area contributed by atoms with Crippen molar-refractivity contribution in [1.29, 1.82) is 0 Å². The molecule has 1 aliphatic heterocycles. The van der Waals surface area contributed by atoms with Crippen LogP contribution in [0.4, 0.5) is 11.4 Å². The van der Waals surface area contributed by atoms with Crippen molar-refractivity contribution < 1.29 is 14.5 Å². The number of nitrogen functional groups attached to an aromatic ring is 1. The van der Waals surface area contributed by atoms with Crippen molar-refractivity contribution in [2.75, 3.05) is 18.9 Å². The molecule has 1 amide bonds. The molecule has 0 atom stereocenters. The SMILES string of the molecule is Nc1cc(C(=O)NC2CCOCC2)ccc1[N+](=O)[O-]. The molecular formula is C12H15N3O4. The highest BCUT2D eigenvalue weighted by molar-refractivity contribution is 5.95. The van der Waals surface area contributed by atoms with Gasteiger partial charge in [-0.05, 0) is 25.0 Å². The molecule has 0 bridgehead atoms. The first kappa shape index (κ1) is 13.3. The number of carbonyl (C=O) groups excluding carboxylic acids is 1. The number of hydrogen-bond donors (Lipinski definition) is 2. The summed E-state index contributed by atoms with van der Waals surface area (Å²) in [6, 6.07) is 4.06. The molecule has 7 nitrogen and oxygen atoms in total. The molecule has 0 saturated carbocycles. The van der Waals surface area contributed by atoms with Gasteiger partial charge in [0.1, 0.15) is 5.69 Å². The summed E-state index contributed by atoms with van der Waals surface area (Å²) in [5, 5.41) is 13.5. The lowest BCUT2D eigenvalue weighted by molar-refractivity contribution is -0.383. The fourth-order valence-electron chi connectivity index (χ4n) is 1.97. The summed E-state index contributed by atoms with van der Waals surface area (Å²) in [7, 11) is 0. The number of ether oxygens (including phenoxy) is 1. The number of hydrogen-bond acceptors (Lipinski definition) is 5. The number of nitrogens with one attached hydrogen (secondary N) is 1. The van der Waals surface area contributed by atoms with Crippen LogP contribution in [0, 0.1) is 10.1 Å². The van der Waals surface area contributed by atoms with Crippen molar-refractivity contribution in [1.82, 2.24) is 5.32 Å². The van der Waals surface area contributed by atoms with E-state index in [1.165, 1.54) is 18.2 Å². The molecule has 2 rings (SSSR count). The predicted octanol–water partition coefficient (Wildman–Crippen LogP) is 1.09. The van der Waals surface area contributed by atoms with Gasteiger partial charge in [-0.3, -0.25) is 14.9 Å². The minimum absolute atomic E-state index is 0.00960. The average Bonchev–Trinajstić information content (AvgIpc) is 2.39. The van der Waals surface area contributed by atoms with Crippen molar-refractivity contribution in [2.24, 2.45) is 0 Å². The quantitative estimate of drug-likeness (QED) is 0.483. The Morgan fingerprint density at radius 3 is 2.68 bits per heavy atom. The summed E-state index contributed by atoms with van der Waals surface area (Å²) in [6.07, 6.45) is 1.54. The molecule has 1 fully saturated rings. The Labute approximate surface area is 109 Å². The van der Waals surface area contributed by atoms with Gasteiger partial charge in [0.05, 0.1) is 4.92 Å². The van der Waals surface area contributed by atoms with Crippen molar-refractivity contribution in [3.05, 3.63) is 33.9 Å². The third-order valence-electron chi connectivity index (χ3n) is 3.04. The summed E-state index contributed by atoms with van der Waals surface area (Å²) in [5.74, 6) is -0.270. The van der Waals surface area contributed by atoms with Gasteiger partial charge >= 0.3 is 0 Å². The first-order valence-corrected chi connectivity index (χ1v) is 6.00. The molecule has 1 heterocycles. The Morgan fingerprint density at radius 1 is 1.42 bits per heavy atom. The van der Waals surface area contributed by atoms with E-state index in [0.717, 1.165) is 12.8 Å². The maximum absolute atomic E-state index is 12.0. The molecule has 1 aliphatic rings. The summed E-state index contributed by atoms with van der Waals surface area (Å²) in [6.45, 7) is 1.26. The number of rotatable bonds is 3. The fraction of sp³-hybridized carbons (Fsp3) is 0.417. The van der Waals surface area contributed by atoms with E-state index in [-0.39, 0.29) is 23.3 Å². The summed E-state index contributed by atoms with van der Waals surface area (Å²) < 4.78 is 5.20. The minimum Gasteiger partial charge on any atom is -0.393 e. The van der Waals surface area contributed by atoms with Crippen LogP contribution in [0.25, 0.3) is 0 Å². The molecule has 0 unspecified atom stereocenters. The fourth-order valence-corrected chi connectivity index (χ4v) is 1.97. The van der Waals surface area contributed by atoms with Gasteiger partial charge in [0.2, 0.25) is 0 Å². The Morgan fingerprint density at radius 2 is 2.11 bits per heavy atom. The Bertz CT molecular complexity index is 498. The van der Waals surface area contributed by atoms with Crippen molar-refractivity contribution in [3.8, 4) is 0 Å². The van der Waals surface area contributed by atoms with Gasteiger partial charge in [-0.1, -0.05) is 0 Å². The van der Waals surface area contributed by atoms with E-state index in [2.05, 4.69) is 5.32 Å². The first-order chi connectivity index (χ1) is 9.08. The zero-order valence-corrected chi connectivity index (χ0v) is 10.3. The van der Waals surface area contributed by atoms with Crippen LogP contribution in [0.5, 0.6) is 0 Å². The first-order valence-electron chi connectivity index (χ1n) is 6.00. The third-order valence-corrected chi connectivity index (χ3v) is 3.04. The van der Waals surface area contributed by atoms with Crippen LogP contribution in [0.15, 0.2) is 18.2 Å². The number of nitrogens with zero attached hydrogens (tertiary/aromatic N) is 1. The molecule has 1 aromatic carbocycles. The molecular weight excluding hydrogens is 250 g/mol. The molecule has 7 heteroatoms. The summed E-state index contributed by atoms with van der Waals surface area (Å²) in [4.78, 5) is 22.0. The molecule has 0 aliphatic carbocycles. The van der Waals surface area contributed by atoms with Crippen LogP contribution in [-0.2, 0) is 4.74 Å². The number of benzene rings is 1. The van der Waals surface area contributed by atoms with Gasteiger partial charge in [-0.2, -0.15) is 0 Å². The number of amides is 1. The van der Waals surface area contributed by atoms with Crippen LogP contribution in [0.3, 0.4) is 0 Å². The smallest absolute Gasteiger partial charge is 0.292 e. The highest BCUT2D eigenvalue weighted by atomic mass is 16.6. The Balaban J connectivity index is 2.06. The lowest BCUT2D eigenvalue weighted by Crippen LogP contribution is -2.38. The molecule has 1 saturated heterocycles. The van der Waals surface area contributed by atoms with Gasteiger partial charge < -0.3 is 15.8 Å². The summed E-state index contributed by atoms with van der Waals surface area (Å²) >= 11 is 0. The van der Waals surface area contributed by atoms with Gasteiger partial charge in [0.15, 0.2) is 0 Å². The van der Waals surface area contributed by atoms with Crippen molar-refractivity contribution >= 4 is 17.3 Å². The maximum atomic E-state index is 12.0. The lowest BCUT2D eigenvalue weighted by Gasteiger charge is -2.23. The van der Waals surface area contributed by atoms with E-state index in [4.69, 9.17) is 10.5 Å². The van der Waals surface area contributed by atoms with Gasteiger partial charge in [0, 0.05) is 30.9 Å². The molecule has 3 N–H and O–H groups in total. The second-order valence-corrected chi connectivity index (χ2v) is 4.39. The van der Waals surface area contributed by atoms with Gasteiger partial charge in [-0.25, -0.2) is 0 Å². The molecule has 0 aromatic heterocycles.